The molecule has 1 unspecified atom stereocenters. The Hall–Kier alpha value is -0.900. The zero-order valence-electron chi connectivity index (χ0n) is 9.84. The minimum atomic E-state index is -0.298. The second-order valence-electron chi connectivity index (χ2n) is 4.52. The summed E-state index contributed by atoms with van der Waals surface area (Å²) in [4.78, 5) is 5.71. The Bertz CT molecular complexity index is 326. The number of hydrogen-bond acceptors (Lipinski definition) is 3. The molecule has 0 saturated carbocycles. The van der Waals surface area contributed by atoms with Crippen LogP contribution in [0.15, 0.2) is 30.3 Å². The Morgan fingerprint density at radius 2 is 2.12 bits per heavy atom. The summed E-state index contributed by atoms with van der Waals surface area (Å²) in [6.45, 7) is 1.80. The first kappa shape index (κ1) is 11.6. The molecule has 1 aromatic carbocycles. The SMILES string of the molecule is CC(O)C[C@@H]1C[C@H](c2ccccc2)N(C)O1. The second-order valence-corrected chi connectivity index (χ2v) is 4.52. The van der Waals surface area contributed by atoms with Crippen molar-refractivity contribution >= 4 is 0 Å². The van der Waals surface area contributed by atoms with Crippen LogP contribution in [0.5, 0.6) is 0 Å². The third-order valence-corrected chi connectivity index (χ3v) is 3.03. The lowest BCUT2D eigenvalue weighted by Crippen LogP contribution is -2.18. The molecule has 1 fully saturated rings. The predicted molar refractivity (Wildman–Crippen MR) is 62.7 cm³/mol. The molecule has 1 heterocycles. The third kappa shape index (κ3) is 2.61. The fourth-order valence-electron chi connectivity index (χ4n) is 2.29. The lowest BCUT2D eigenvalue weighted by molar-refractivity contribution is -0.150. The van der Waals surface area contributed by atoms with Gasteiger partial charge in [0.15, 0.2) is 0 Å². The van der Waals surface area contributed by atoms with Crippen molar-refractivity contribution in [1.82, 2.24) is 5.06 Å². The van der Waals surface area contributed by atoms with Gasteiger partial charge in [0, 0.05) is 13.5 Å². The largest absolute Gasteiger partial charge is 0.393 e. The van der Waals surface area contributed by atoms with E-state index in [0.29, 0.717) is 12.5 Å². The monoisotopic (exact) mass is 221 g/mol. The van der Waals surface area contributed by atoms with Crippen molar-refractivity contribution in [2.45, 2.75) is 38.0 Å². The fourth-order valence-corrected chi connectivity index (χ4v) is 2.29. The summed E-state index contributed by atoms with van der Waals surface area (Å²) in [5, 5.41) is 11.3. The molecule has 1 N–H and O–H groups in total. The van der Waals surface area contributed by atoms with Crippen molar-refractivity contribution < 1.29 is 9.94 Å². The van der Waals surface area contributed by atoms with Crippen LogP contribution in [0.1, 0.15) is 31.4 Å². The molecule has 3 atom stereocenters. The predicted octanol–water partition coefficient (Wildman–Crippen LogP) is 2.13. The van der Waals surface area contributed by atoms with Gasteiger partial charge < -0.3 is 5.11 Å². The maximum absolute atomic E-state index is 9.36. The van der Waals surface area contributed by atoms with E-state index in [4.69, 9.17) is 4.84 Å². The molecular weight excluding hydrogens is 202 g/mol. The van der Waals surface area contributed by atoms with Crippen molar-refractivity contribution in [3.8, 4) is 0 Å². The highest BCUT2D eigenvalue weighted by Crippen LogP contribution is 2.34. The summed E-state index contributed by atoms with van der Waals surface area (Å²) in [7, 11) is 1.96. The molecule has 0 radical (unpaired) electrons. The number of aliphatic hydroxyl groups excluding tert-OH is 1. The minimum Gasteiger partial charge on any atom is -0.393 e. The fraction of sp³-hybridized carbons (Fsp3) is 0.538. The Balaban J connectivity index is 2.03. The molecule has 16 heavy (non-hydrogen) atoms. The smallest absolute Gasteiger partial charge is 0.0837 e. The van der Waals surface area contributed by atoms with Crippen LogP contribution in [0.4, 0.5) is 0 Å². The molecule has 0 aromatic heterocycles. The van der Waals surface area contributed by atoms with Crippen LogP contribution in [0.25, 0.3) is 0 Å². The normalized spacial score (nSPS) is 28.2. The molecule has 3 nitrogen and oxygen atoms in total. The topological polar surface area (TPSA) is 32.7 Å². The quantitative estimate of drug-likeness (QED) is 0.848. The van der Waals surface area contributed by atoms with E-state index in [-0.39, 0.29) is 12.2 Å². The Morgan fingerprint density at radius 3 is 2.75 bits per heavy atom. The van der Waals surface area contributed by atoms with Gasteiger partial charge in [0.05, 0.1) is 18.2 Å². The van der Waals surface area contributed by atoms with Crippen molar-refractivity contribution in [3.63, 3.8) is 0 Å². The van der Waals surface area contributed by atoms with Gasteiger partial charge in [0.25, 0.3) is 0 Å². The highest BCUT2D eigenvalue weighted by Gasteiger charge is 2.32. The lowest BCUT2D eigenvalue weighted by atomic mass is 9.99. The average Bonchev–Trinajstić information content (AvgIpc) is 2.60. The van der Waals surface area contributed by atoms with Crippen molar-refractivity contribution in [3.05, 3.63) is 35.9 Å². The maximum Gasteiger partial charge on any atom is 0.0837 e. The molecule has 0 bridgehead atoms. The van der Waals surface area contributed by atoms with E-state index in [1.54, 1.807) is 6.92 Å². The van der Waals surface area contributed by atoms with Crippen LogP contribution >= 0.6 is 0 Å². The van der Waals surface area contributed by atoms with Gasteiger partial charge in [0.1, 0.15) is 0 Å². The van der Waals surface area contributed by atoms with E-state index in [2.05, 4.69) is 12.1 Å². The zero-order chi connectivity index (χ0) is 11.5. The van der Waals surface area contributed by atoms with E-state index in [1.165, 1.54) is 5.56 Å². The summed E-state index contributed by atoms with van der Waals surface area (Å²) >= 11 is 0. The van der Waals surface area contributed by atoms with Gasteiger partial charge in [-0.3, -0.25) is 4.84 Å². The zero-order valence-corrected chi connectivity index (χ0v) is 9.84. The average molecular weight is 221 g/mol. The van der Waals surface area contributed by atoms with Crippen LogP contribution in [-0.2, 0) is 4.84 Å². The van der Waals surface area contributed by atoms with Gasteiger partial charge in [-0.15, -0.1) is 0 Å². The Labute approximate surface area is 96.6 Å². The van der Waals surface area contributed by atoms with Crippen LogP contribution in [0.3, 0.4) is 0 Å². The van der Waals surface area contributed by atoms with Crippen LogP contribution < -0.4 is 0 Å². The lowest BCUT2D eigenvalue weighted by Gasteiger charge is -2.17. The first-order valence-electron chi connectivity index (χ1n) is 5.79. The molecule has 2 rings (SSSR count). The van der Waals surface area contributed by atoms with Crippen LogP contribution in [0.2, 0.25) is 0 Å². The molecule has 0 spiro atoms. The van der Waals surface area contributed by atoms with Crippen molar-refractivity contribution in [2.24, 2.45) is 0 Å². The Kier molecular flexibility index (Phi) is 3.59. The summed E-state index contributed by atoms with van der Waals surface area (Å²) in [6, 6.07) is 10.7. The third-order valence-electron chi connectivity index (χ3n) is 3.03. The number of nitrogens with zero attached hydrogens (tertiary/aromatic N) is 1. The number of aliphatic hydroxyl groups is 1. The van der Waals surface area contributed by atoms with Gasteiger partial charge in [-0.25, -0.2) is 0 Å². The number of hydroxylamine groups is 2. The molecule has 0 amide bonds. The molecule has 1 saturated heterocycles. The van der Waals surface area contributed by atoms with E-state index < -0.39 is 0 Å². The summed E-state index contributed by atoms with van der Waals surface area (Å²) in [6.07, 6.45) is 1.49. The second kappa shape index (κ2) is 4.95. The highest BCUT2D eigenvalue weighted by atomic mass is 16.7. The minimum absolute atomic E-state index is 0.134. The molecule has 0 aliphatic carbocycles. The summed E-state index contributed by atoms with van der Waals surface area (Å²) < 4.78 is 0. The van der Waals surface area contributed by atoms with Gasteiger partial charge in [-0.1, -0.05) is 30.3 Å². The summed E-state index contributed by atoms with van der Waals surface area (Å²) in [5.74, 6) is 0. The standard InChI is InChI=1S/C13H19NO2/c1-10(15)8-12-9-13(14(2)16-12)11-6-4-3-5-7-11/h3-7,10,12-13,15H,8-9H2,1-2H3/t10?,12-,13-/m1/s1. The van der Waals surface area contributed by atoms with E-state index in [9.17, 15) is 5.11 Å². The van der Waals surface area contributed by atoms with Crippen LogP contribution in [-0.4, -0.2) is 29.4 Å². The van der Waals surface area contributed by atoms with E-state index in [0.717, 1.165) is 6.42 Å². The van der Waals surface area contributed by atoms with Gasteiger partial charge in [-0.05, 0) is 18.9 Å². The highest BCUT2D eigenvalue weighted by molar-refractivity contribution is 5.19. The number of rotatable bonds is 3. The maximum atomic E-state index is 9.36. The first-order chi connectivity index (χ1) is 7.66. The molecular formula is C13H19NO2. The van der Waals surface area contributed by atoms with Crippen molar-refractivity contribution in [1.29, 1.82) is 0 Å². The molecule has 1 aliphatic rings. The molecule has 1 aliphatic heterocycles. The molecule has 3 heteroatoms. The molecule has 1 aromatic rings. The van der Waals surface area contributed by atoms with Gasteiger partial charge >= 0.3 is 0 Å². The Morgan fingerprint density at radius 1 is 1.44 bits per heavy atom. The van der Waals surface area contributed by atoms with E-state index in [1.807, 2.05) is 30.3 Å². The van der Waals surface area contributed by atoms with Gasteiger partial charge in [-0.2, -0.15) is 5.06 Å². The van der Waals surface area contributed by atoms with Crippen LogP contribution in [0, 0.1) is 0 Å². The van der Waals surface area contributed by atoms with Crippen molar-refractivity contribution in [2.75, 3.05) is 7.05 Å². The number of hydrogen-bond donors (Lipinski definition) is 1. The summed E-state index contributed by atoms with van der Waals surface area (Å²) in [5.41, 5.74) is 1.28. The molecule has 88 valence electrons. The first-order valence-corrected chi connectivity index (χ1v) is 5.79. The van der Waals surface area contributed by atoms with Gasteiger partial charge in [0.2, 0.25) is 0 Å². The number of benzene rings is 1. The van der Waals surface area contributed by atoms with E-state index >= 15 is 0 Å².